The zero-order chi connectivity index (χ0) is 18.4. The first-order valence-electron chi connectivity index (χ1n) is 7.33. The minimum Gasteiger partial charge on any atom is -0.452 e. The molecule has 2 aromatic rings. The number of ether oxygens (including phenoxy) is 1. The molecule has 7 heteroatoms. The van der Waals surface area contributed by atoms with Gasteiger partial charge in [-0.15, -0.1) is 0 Å². The number of benzene rings is 2. The van der Waals surface area contributed by atoms with Crippen molar-refractivity contribution in [2.45, 2.75) is 19.4 Å². The van der Waals surface area contributed by atoms with E-state index in [0.29, 0.717) is 26.9 Å². The van der Waals surface area contributed by atoms with Crippen LogP contribution in [0.2, 0.25) is 10.0 Å². The maximum atomic E-state index is 12.1. The molecule has 0 spiro atoms. The van der Waals surface area contributed by atoms with Crippen LogP contribution in [0, 0.1) is 11.3 Å². The number of halogens is 2. The average molecular weight is 377 g/mol. The molecule has 2 rings (SSSR count). The number of anilines is 1. The summed E-state index contributed by atoms with van der Waals surface area (Å²) in [5.74, 6) is -1.08. The van der Waals surface area contributed by atoms with Crippen LogP contribution in [0.3, 0.4) is 0 Å². The molecule has 0 saturated carbocycles. The number of carbonyl (C=O) groups excluding carboxylic acids is 2. The van der Waals surface area contributed by atoms with Crippen LogP contribution in [0.15, 0.2) is 42.5 Å². The van der Waals surface area contributed by atoms with Gasteiger partial charge in [-0.25, -0.2) is 0 Å². The molecule has 0 aliphatic rings. The zero-order valence-corrected chi connectivity index (χ0v) is 14.8. The summed E-state index contributed by atoms with van der Waals surface area (Å²) in [4.78, 5) is 24.1. The molecule has 0 aliphatic heterocycles. The number of nitrogens with one attached hydrogen (secondary N) is 1. The van der Waals surface area contributed by atoms with Gasteiger partial charge in [0.05, 0.1) is 18.1 Å². The Balaban J connectivity index is 1.93. The summed E-state index contributed by atoms with van der Waals surface area (Å²) in [6.45, 7) is 1.46. The first-order chi connectivity index (χ1) is 11.9. The standard InChI is InChI=1S/C18H14Cl2N2O3/c1-11(18(24)22-15-4-2-3-12(7-15)10-21)25-17(23)8-13-5-6-14(19)9-16(13)20/h2-7,9,11H,8H2,1H3,(H,22,24)/t11-/m0/s1. The second-order valence-electron chi connectivity index (χ2n) is 5.23. The van der Waals surface area contributed by atoms with Gasteiger partial charge in [0.15, 0.2) is 6.10 Å². The number of hydrogen-bond acceptors (Lipinski definition) is 4. The van der Waals surface area contributed by atoms with Crippen LogP contribution >= 0.6 is 23.2 Å². The molecule has 0 heterocycles. The predicted octanol–water partition coefficient (Wildman–Crippen LogP) is 3.98. The number of nitrogens with zero attached hydrogens (tertiary/aromatic N) is 1. The molecule has 0 unspecified atom stereocenters. The molecule has 2 aromatic carbocycles. The first kappa shape index (κ1) is 18.8. The van der Waals surface area contributed by atoms with Crippen LogP contribution < -0.4 is 5.32 Å². The number of esters is 1. The third-order valence-corrected chi connectivity index (χ3v) is 3.87. The van der Waals surface area contributed by atoms with Gasteiger partial charge in [-0.2, -0.15) is 5.26 Å². The molecule has 1 atom stereocenters. The fourth-order valence-electron chi connectivity index (χ4n) is 2.02. The minimum atomic E-state index is -0.996. The Morgan fingerprint density at radius 2 is 2.00 bits per heavy atom. The van der Waals surface area contributed by atoms with Crippen molar-refractivity contribution >= 4 is 40.8 Å². The highest BCUT2D eigenvalue weighted by molar-refractivity contribution is 6.35. The van der Waals surface area contributed by atoms with Crippen molar-refractivity contribution in [2.24, 2.45) is 0 Å². The van der Waals surface area contributed by atoms with E-state index in [-0.39, 0.29) is 6.42 Å². The maximum Gasteiger partial charge on any atom is 0.311 e. The maximum absolute atomic E-state index is 12.1. The lowest BCUT2D eigenvalue weighted by molar-refractivity contribution is -0.152. The van der Waals surface area contributed by atoms with Gasteiger partial charge in [-0.3, -0.25) is 9.59 Å². The van der Waals surface area contributed by atoms with E-state index in [1.165, 1.54) is 19.1 Å². The molecule has 0 radical (unpaired) electrons. The van der Waals surface area contributed by atoms with Crippen molar-refractivity contribution in [2.75, 3.05) is 5.32 Å². The lowest BCUT2D eigenvalue weighted by Gasteiger charge is -2.14. The van der Waals surface area contributed by atoms with Crippen LogP contribution in [-0.4, -0.2) is 18.0 Å². The van der Waals surface area contributed by atoms with E-state index in [1.807, 2.05) is 6.07 Å². The molecule has 1 amide bonds. The number of rotatable bonds is 5. The number of nitriles is 1. The van der Waals surface area contributed by atoms with Crippen LogP contribution in [0.25, 0.3) is 0 Å². The van der Waals surface area contributed by atoms with E-state index in [1.54, 1.807) is 30.3 Å². The van der Waals surface area contributed by atoms with Crippen molar-refractivity contribution < 1.29 is 14.3 Å². The zero-order valence-electron chi connectivity index (χ0n) is 13.3. The molecule has 0 fully saturated rings. The van der Waals surface area contributed by atoms with Crippen LogP contribution in [-0.2, 0) is 20.7 Å². The van der Waals surface area contributed by atoms with E-state index < -0.39 is 18.0 Å². The largest absolute Gasteiger partial charge is 0.452 e. The van der Waals surface area contributed by atoms with Crippen LogP contribution in [0.5, 0.6) is 0 Å². The van der Waals surface area contributed by atoms with Crippen molar-refractivity contribution in [1.29, 1.82) is 5.26 Å². The molecule has 0 bridgehead atoms. The molecular weight excluding hydrogens is 363 g/mol. The average Bonchev–Trinajstić information content (AvgIpc) is 2.57. The Kier molecular flexibility index (Phi) is 6.40. The number of hydrogen-bond donors (Lipinski definition) is 1. The highest BCUT2D eigenvalue weighted by Crippen LogP contribution is 2.21. The smallest absolute Gasteiger partial charge is 0.311 e. The van der Waals surface area contributed by atoms with Gasteiger partial charge in [-0.1, -0.05) is 35.3 Å². The van der Waals surface area contributed by atoms with Gasteiger partial charge in [0.2, 0.25) is 0 Å². The molecule has 0 aliphatic carbocycles. The van der Waals surface area contributed by atoms with Crippen molar-refractivity contribution in [3.63, 3.8) is 0 Å². The van der Waals surface area contributed by atoms with E-state index in [4.69, 9.17) is 33.2 Å². The molecule has 0 aromatic heterocycles. The van der Waals surface area contributed by atoms with Gasteiger partial charge >= 0.3 is 5.97 Å². The Hall–Kier alpha value is -2.55. The lowest BCUT2D eigenvalue weighted by Crippen LogP contribution is -2.30. The third-order valence-electron chi connectivity index (χ3n) is 3.29. The summed E-state index contributed by atoms with van der Waals surface area (Å²) in [6, 6.07) is 13.2. The molecule has 128 valence electrons. The monoisotopic (exact) mass is 376 g/mol. The van der Waals surface area contributed by atoms with Gasteiger partial charge in [0, 0.05) is 15.7 Å². The normalized spacial score (nSPS) is 11.3. The van der Waals surface area contributed by atoms with Crippen molar-refractivity contribution in [1.82, 2.24) is 0 Å². The molecule has 5 nitrogen and oxygen atoms in total. The quantitative estimate of drug-likeness (QED) is 0.800. The topological polar surface area (TPSA) is 79.2 Å². The Labute approximate surface area is 155 Å². The highest BCUT2D eigenvalue weighted by atomic mass is 35.5. The van der Waals surface area contributed by atoms with Gasteiger partial charge < -0.3 is 10.1 Å². The fourth-order valence-corrected chi connectivity index (χ4v) is 2.50. The van der Waals surface area contributed by atoms with Crippen molar-refractivity contribution in [3.8, 4) is 6.07 Å². The molecule has 25 heavy (non-hydrogen) atoms. The first-order valence-corrected chi connectivity index (χ1v) is 8.09. The van der Waals surface area contributed by atoms with Gasteiger partial charge in [0.25, 0.3) is 5.91 Å². The molecule has 0 saturated heterocycles. The Bertz CT molecular complexity index is 846. The van der Waals surface area contributed by atoms with E-state index in [9.17, 15) is 9.59 Å². The van der Waals surface area contributed by atoms with E-state index in [0.717, 1.165) is 0 Å². The van der Waals surface area contributed by atoms with E-state index >= 15 is 0 Å². The summed E-state index contributed by atoms with van der Waals surface area (Å²) in [5.41, 5.74) is 1.43. The minimum absolute atomic E-state index is 0.0719. The van der Waals surface area contributed by atoms with Gasteiger partial charge in [-0.05, 0) is 42.8 Å². The fraction of sp³-hybridized carbons (Fsp3) is 0.167. The third kappa shape index (κ3) is 5.49. The Morgan fingerprint density at radius 1 is 1.24 bits per heavy atom. The SMILES string of the molecule is C[C@H](OC(=O)Cc1ccc(Cl)cc1Cl)C(=O)Nc1cccc(C#N)c1. The molecule has 1 N–H and O–H groups in total. The van der Waals surface area contributed by atoms with Gasteiger partial charge in [0.1, 0.15) is 0 Å². The lowest BCUT2D eigenvalue weighted by atomic mass is 10.1. The Morgan fingerprint density at radius 3 is 2.68 bits per heavy atom. The summed E-state index contributed by atoms with van der Waals surface area (Å²) >= 11 is 11.8. The highest BCUT2D eigenvalue weighted by Gasteiger charge is 2.19. The van der Waals surface area contributed by atoms with Crippen LogP contribution in [0.1, 0.15) is 18.1 Å². The molecular formula is C18H14Cl2N2O3. The summed E-state index contributed by atoms with van der Waals surface area (Å²) in [7, 11) is 0. The van der Waals surface area contributed by atoms with E-state index in [2.05, 4.69) is 5.32 Å². The number of carbonyl (C=O) groups is 2. The van der Waals surface area contributed by atoms with Crippen LogP contribution in [0.4, 0.5) is 5.69 Å². The van der Waals surface area contributed by atoms with Crippen molar-refractivity contribution in [3.05, 3.63) is 63.6 Å². The summed E-state index contributed by atoms with van der Waals surface area (Å²) < 4.78 is 5.12. The predicted molar refractivity (Wildman–Crippen MR) is 95.5 cm³/mol. The number of amides is 1. The summed E-state index contributed by atoms with van der Waals surface area (Å²) in [6.07, 6.45) is -1.07. The summed E-state index contributed by atoms with van der Waals surface area (Å²) in [5, 5.41) is 12.3. The second-order valence-corrected chi connectivity index (χ2v) is 6.07. The second kappa shape index (κ2) is 8.52.